The van der Waals surface area contributed by atoms with Gasteiger partial charge in [0.25, 0.3) is 0 Å². The summed E-state index contributed by atoms with van der Waals surface area (Å²) in [5.74, 6) is 0.779. The zero-order chi connectivity index (χ0) is 24.5. The number of amides is 2. The van der Waals surface area contributed by atoms with Gasteiger partial charge in [-0.25, -0.2) is 0 Å². The molecule has 3 aromatic rings. The van der Waals surface area contributed by atoms with Crippen molar-refractivity contribution < 1.29 is 14.3 Å². The summed E-state index contributed by atoms with van der Waals surface area (Å²) in [6.45, 7) is 6.63. The highest BCUT2D eigenvalue weighted by Crippen LogP contribution is 2.23. The molecule has 0 aliphatic carbocycles. The number of ether oxygens (including phenoxy) is 1. The fraction of sp³-hybridized carbons (Fsp3) is 0.217. The molecule has 0 aliphatic heterocycles. The van der Waals surface area contributed by atoms with Crippen molar-refractivity contribution in [2.45, 2.75) is 25.0 Å². The molecule has 0 radical (unpaired) electrons. The van der Waals surface area contributed by atoms with E-state index < -0.39 is 0 Å². The number of benzene rings is 2. The molecular formula is C23H23Cl2N5O3S. The van der Waals surface area contributed by atoms with Gasteiger partial charge in [-0.2, -0.15) is 0 Å². The molecule has 0 aliphatic rings. The van der Waals surface area contributed by atoms with E-state index in [1.165, 1.54) is 11.8 Å². The Kier molecular flexibility index (Phi) is 9.38. The highest BCUT2D eigenvalue weighted by Gasteiger charge is 2.17. The predicted octanol–water partition coefficient (Wildman–Crippen LogP) is 5.08. The molecule has 0 saturated heterocycles. The van der Waals surface area contributed by atoms with Crippen molar-refractivity contribution in [3.8, 4) is 5.75 Å². The molecule has 0 saturated carbocycles. The molecule has 1 heterocycles. The minimum absolute atomic E-state index is 0.0157. The van der Waals surface area contributed by atoms with Gasteiger partial charge < -0.3 is 19.9 Å². The molecule has 0 unspecified atom stereocenters. The summed E-state index contributed by atoms with van der Waals surface area (Å²) in [7, 11) is 0. The topological polar surface area (TPSA) is 98.1 Å². The van der Waals surface area contributed by atoms with Gasteiger partial charge in [0.1, 0.15) is 11.6 Å². The van der Waals surface area contributed by atoms with Crippen molar-refractivity contribution in [2.75, 3.05) is 23.0 Å². The maximum Gasteiger partial charge on any atom is 0.234 e. The molecule has 3 rings (SSSR count). The molecule has 11 heteroatoms. The van der Waals surface area contributed by atoms with Crippen LogP contribution in [0.15, 0.2) is 60.3 Å². The Balaban J connectivity index is 1.60. The van der Waals surface area contributed by atoms with E-state index in [1.54, 1.807) is 53.1 Å². The number of nitrogens with one attached hydrogen (secondary N) is 2. The lowest BCUT2D eigenvalue weighted by Gasteiger charge is -2.09. The molecule has 0 fully saturated rings. The van der Waals surface area contributed by atoms with Crippen LogP contribution < -0.4 is 15.4 Å². The average Bonchev–Trinajstić information content (AvgIpc) is 3.14. The van der Waals surface area contributed by atoms with Crippen molar-refractivity contribution in [3.63, 3.8) is 0 Å². The van der Waals surface area contributed by atoms with Gasteiger partial charge in [0, 0.05) is 28.0 Å². The van der Waals surface area contributed by atoms with Crippen LogP contribution in [0.5, 0.6) is 5.75 Å². The smallest absolute Gasteiger partial charge is 0.234 e. The lowest BCUT2D eigenvalue weighted by molar-refractivity contribution is -0.116. The van der Waals surface area contributed by atoms with Gasteiger partial charge >= 0.3 is 0 Å². The van der Waals surface area contributed by atoms with Crippen LogP contribution >= 0.6 is 35.0 Å². The van der Waals surface area contributed by atoms with Crippen molar-refractivity contribution >= 4 is 58.2 Å². The number of rotatable bonds is 11. The number of allylic oxidation sites excluding steroid dienone is 1. The molecule has 0 bridgehead atoms. The van der Waals surface area contributed by atoms with Gasteiger partial charge in [-0.1, -0.05) is 41.0 Å². The minimum atomic E-state index is -0.258. The quantitative estimate of drug-likeness (QED) is 0.270. The van der Waals surface area contributed by atoms with Crippen LogP contribution in [-0.4, -0.2) is 38.9 Å². The van der Waals surface area contributed by atoms with E-state index >= 15 is 0 Å². The largest absolute Gasteiger partial charge is 0.494 e. The summed E-state index contributed by atoms with van der Waals surface area (Å²) >= 11 is 13.1. The van der Waals surface area contributed by atoms with Crippen molar-refractivity contribution in [1.29, 1.82) is 0 Å². The summed E-state index contributed by atoms with van der Waals surface area (Å²) < 4.78 is 7.15. The number of anilines is 2. The van der Waals surface area contributed by atoms with Crippen molar-refractivity contribution in [1.82, 2.24) is 14.8 Å². The molecule has 0 atom stereocenters. The summed E-state index contributed by atoms with van der Waals surface area (Å²) in [6.07, 6.45) is 1.69. The maximum atomic E-state index is 12.5. The predicted molar refractivity (Wildman–Crippen MR) is 136 cm³/mol. The van der Waals surface area contributed by atoms with E-state index in [0.717, 1.165) is 5.75 Å². The number of nitrogens with zero attached hydrogens (tertiary/aromatic N) is 3. The lowest BCUT2D eigenvalue weighted by Crippen LogP contribution is -2.18. The standard InChI is InChI=1S/C23H23Cl2N5O3S/c1-3-9-30-20(13-21(31)26-17-5-7-19(8-6-17)33-4-2)28-29-23(30)34-14-22(32)27-18-11-15(24)10-16(25)12-18/h3,5-8,10-12H,1,4,9,13-14H2,2H3,(H,26,31)(H,27,32). The van der Waals surface area contributed by atoms with E-state index in [4.69, 9.17) is 27.9 Å². The van der Waals surface area contributed by atoms with Crippen LogP contribution in [-0.2, 0) is 22.6 Å². The summed E-state index contributed by atoms with van der Waals surface area (Å²) in [6, 6.07) is 11.9. The van der Waals surface area contributed by atoms with E-state index in [-0.39, 0.29) is 24.0 Å². The van der Waals surface area contributed by atoms with E-state index in [9.17, 15) is 9.59 Å². The number of carbonyl (C=O) groups excluding carboxylic acids is 2. The molecule has 178 valence electrons. The van der Waals surface area contributed by atoms with E-state index in [0.29, 0.717) is 45.6 Å². The maximum absolute atomic E-state index is 12.5. The van der Waals surface area contributed by atoms with Gasteiger partial charge in [0.05, 0.1) is 18.8 Å². The van der Waals surface area contributed by atoms with Crippen LogP contribution in [0.1, 0.15) is 12.7 Å². The zero-order valence-corrected chi connectivity index (χ0v) is 20.7. The minimum Gasteiger partial charge on any atom is -0.494 e. The first-order valence-electron chi connectivity index (χ1n) is 10.3. The van der Waals surface area contributed by atoms with E-state index in [2.05, 4.69) is 27.4 Å². The second-order valence-corrected chi connectivity index (χ2v) is 8.79. The van der Waals surface area contributed by atoms with Gasteiger partial charge in [-0.15, -0.1) is 16.8 Å². The first-order valence-corrected chi connectivity index (χ1v) is 12.1. The third-order valence-corrected chi connectivity index (χ3v) is 5.75. The third kappa shape index (κ3) is 7.51. The summed E-state index contributed by atoms with van der Waals surface area (Å²) in [5, 5.41) is 15.2. The average molecular weight is 520 g/mol. The molecule has 8 nitrogen and oxygen atoms in total. The van der Waals surface area contributed by atoms with Gasteiger partial charge in [0.15, 0.2) is 5.16 Å². The number of carbonyl (C=O) groups is 2. The number of halogens is 2. The summed E-state index contributed by atoms with van der Waals surface area (Å²) in [4.78, 5) is 24.9. The third-order valence-electron chi connectivity index (χ3n) is 4.35. The molecule has 34 heavy (non-hydrogen) atoms. The summed E-state index contributed by atoms with van der Waals surface area (Å²) in [5.41, 5.74) is 1.15. The second-order valence-electron chi connectivity index (χ2n) is 6.98. The van der Waals surface area contributed by atoms with E-state index in [1.807, 2.05) is 6.92 Å². The van der Waals surface area contributed by atoms with Crippen LogP contribution in [0, 0.1) is 0 Å². The van der Waals surface area contributed by atoms with Crippen molar-refractivity contribution in [3.05, 3.63) is 71.0 Å². The Labute approximate surface area is 211 Å². The van der Waals surface area contributed by atoms with Crippen LogP contribution in [0.2, 0.25) is 10.0 Å². The lowest BCUT2D eigenvalue weighted by atomic mass is 10.3. The SMILES string of the molecule is C=CCn1c(CC(=O)Nc2ccc(OCC)cc2)nnc1SCC(=O)Nc1cc(Cl)cc(Cl)c1. The van der Waals surface area contributed by atoms with Gasteiger partial charge in [-0.05, 0) is 49.4 Å². The van der Waals surface area contributed by atoms with Gasteiger partial charge in [0.2, 0.25) is 11.8 Å². The molecule has 2 amide bonds. The van der Waals surface area contributed by atoms with Gasteiger partial charge in [-0.3, -0.25) is 9.59 Å². The second kappa shape index (κ2) is 12.5. The highest BCUT2D eigenvalue weighted by atomic mass is 35.5. The normalized spacial score (nSPS) is 10.6. The first-order chi connectivity index (χ1) is 16.4. The number of aromatic nitrogens is 3. The fourth-order valence-electron chi connectivity index (χ4n) is 2.97. The molecule has 1 aromatic heterocycles. The Bertz CT molecular complexity index is 1150. The molecular weight excluding hydrogens is 497 g/mol. The van der Waals surface area contributed by atoms with Crippen molar-refractivity contribution in [2.24, 2.45) is 0 Å². The monoisotopic (exact) mass is 519 g/mol. The Morgan fingerprint density at radius 2 is 1.74 bits per heavy atom. The zero-order valence-electron chi connectivity index (χ0n) is 18.4. The molecule has 0 spiro atoms. The molecule has 2 N–H and O–H groups in total. The van der Waals surface area contributed by atoms with Crippen LogP contribution in [0.4, 0.5) is 11.4 Å². The Morgan fingerprint density at radius 3 is 2.38 bits per heavy atom. The number of hydrogen-bond donors (Lipinski definition) is 2. The Morgan fingerprint density at radius 1 is 1.06 bits per heavy atom. The van der Waals surface area contributed by atoms with Crippen LogP contribution in [0.3, 0.4) is 0 Å². The molecule has 2 aromatic carbocycles. The van der Waals surface area contributed by atoms with Crippen LogP contribution in [0.25, 0.3) is 0 Å². The first kappa shape index (κ1) is 25.6. The number of hydrogen-bond acceptors (Lipinski definition) is 6. The number of thioether (sulfide) groups is 1. The fourth-order valence-corrected chi connectivity index (χ4v) is 4.26. The highest BCUT2D eigenvalue weighted by molar-refractivity contribution is 7.99. The Hall–Kier alpha value is -3.01.